The van der Waals surface area contributed by atoms with Gasteiger partial charge in [0.15, 0.2) is 0 Å². The van der Waals surface area contributed by atoms with E-state index in [-0.39, 0.29) is 5.41 Å². The largest absolute Gasteiger partial charge is 0.383 e. The van der Waals surface area contributed by atoms with Crippen LogP contribution in [0.3, 0.4) is 0 Å². The highest BCUT2D eigenvalue weighted by atomic mass is 14.9. The number of aromatic nitrogens is 1. The van der Waals surface area contributed by atoms with Crippen molar-refractivity contribution in [2.45, 2.75) is 104 Å². The van der Waals surface area contributed by atoms with Crippen molar-refractivity contribution >= 4 is 5.69 Å². The van der Waals surface area contributed by atoms with Gasteiger partial charge in [-0.05, 0) is 73.6 Å². The molecule has 1 aromatic carbocycles. The van der Waals surface area contributed by atoms with E-state index in [2.05, 4.69) is 83.3 Å². The predicted octanol–water partition coefficient (Wildman–Crippen LogP) is 8.17. The lowest BCUT2D eigenvalue weighted by Crippen LogP contribution is -2.49. The molecule has 0 radical (unpaired) electrons. The number of benzene rings is 1. The summed E-state index contributed by atoms with van der Waals surface area (Å²) in [4.78, 5) is 4.85. The summed E-state index contributed by atoms with van der Waals surface area (Å²) in [5, 5.41) is 3.67. The lowest BCUT2D eigenvalue weighted by Gasteiger charge is -2.53. The molecule has 2 aromatic rings. The second kappa shape index (κ2) is 10.1. The van der Waals surface area contributed by atoms with E-state index in [1.54, 1.807) is 11.1 Å². The molecule has 0 aliphatic heterocycles. The Labute approximate surface area is 203 Å². The van der Waals surface area contributed by atoms with Gasteiger partial charge in [0, 0.05) is 29.1 Å². The van der Waals surface area contributed by atoms with Crippen LogP contribution < -0.4 is 5.32 Å². The van der Waals surface area contributed by atoms with Crippen molar-refractivity contribution in [3.63, 3.8) is 0 Å². The molecule has 1 heterocycles. The average Bonchev–Trinajstić information content (AvgIpc) is 3.44. The molecule has 178 valence electrons. The molecule has 1 aromatic heterocycles. The molecule has 1 spiro atoms. The first-order valence-electron chi connectivity index (χ1n) is 13.7. The Morgan fingerprint density at radius 2 is 1.82 bits per heavy atom. The van der Waals surface area contributed by atoms with Crippen molar-refractivity contribution in [1.82, 2.24) is 4.98 Å². The zero-order valence-electron chi connectivity index (χ0n) is 21.7. The van der Waals surface area contributed by atoms with Gasteiger partial charge in [0.2, 0.25) is 0 Å². The molecule has 4 rings (SSSR count). The SMILES string of the molecule is CCCCCC1C(C)C(c2cc#ccn2)C(CCC)C(CC)C12c1ccc(NC(C)C)cc12. The molecule has 2 aliphatic rings. The zero-order valence-corrected chi connectivity index (χ0v) is 21.7. The van der Waals surface area contributed by atoms with Crippen LogP contribution in [-0.2, 0) is 5.41 Å². The van der Waals surface area contributed by atoms with E-state index < -0.39 is 0 Å². The fourth-order valence-electron chi connectivity index (χ4n) is 7.71. The standard InChI is InChI=1S/C31H44N2/c1-7-10-11-15-26-22(6)30(29-16-12-13-19-32-29)24(14-8-2)25(9-3)31(26)27-18-17-23(20-28(27)31)33-21(4)5/h16-22,24-26,30,33H,7-11,14-15H2,1-6H3. The van der Waals surface area contributed by atoms with Gasteiger partial charge < -0.3 is 5.32 Å². The van der Waals surface area contributed by atoms with Gasteiger partial charge in [-0.15, -0.1) is 0 Å². The van der Waals surface area contributed by atoms with Crippen LogP contribution in [0.4, 0.5) is 5.69 Å². The van der Waals surface area contributed by atoms with Crippen molar-refractivity contribution in [1.29, 1.82) is 0 Å². The van der Waals surface area contributed by atoms with Crippen LogP contribution in [0.5, 0.6) is 0 Å². The molecule has 33 heavy (non-hydrogen) atoms. The van der Waals surface area contributed by atoms with E-state index >= 15 is 0 Å². The maximum Gasteiger partial charge on any atom is 0.0773 e. The number of unbranched alkanes of at least 4 members (excludes halogenated alkanes) is 2. The van der Waals surface area contributed by atoms with Crippen molar-refractivity contribution in [2.24, 2.45) is 23.7 Å². The second-order valence-electron chi connectivity index (χ2n) is 11.0. The molecular formula is C31H44N2. The molecule has 1 saturated carbocycles. The van der Waals surface area contributed by atoms with Crippen LogP contribution in [0.2, 0.25) is 0 Å². The van der Waals surface area contributed by atoms with E-state index in [0.717, 1.165) is 0 Å². The summed E-state index contributed by atoms with van der Waals surface area (Å²) in [6.45, 7) is 14.1. The lowest BCUT2D eigenvalue weighted by atomic mass is 9.51. The Morgan fingerprint density at radius 3 is 2.45 bits per heavy atom. The van der Waals surface area contributed by atoms with Gasteiger partial charge in [-0.1, -0.05) is 78.0 Å². The van der Waals surface area contributed by atoms with Crippen molar-refractivity contribution < 1.29 is 0 Å². The van der Waals surface area contributed by atoms with E-state index in [0.29, 0.717) is 35.6 Å². The van der Waals surface area contributed by atoms with Crippen LogP contribution in [0.25, 0.3) is 0 Å². The topological polar surface area (TPSA) is 24.9 Å². The summed E-state index contributed by atoms with van der Waals surface area (Å²) in [5.74, 6) is 3.15. The van der Waals surface area contributed by atoms with Gasteiger partial charge in [0.05, 0.1) is 11.9 Å². The van der Waals surface area contributed by atoms with Crippen LogP contribution >= 0.6 is 0 Å². The lowest BCUT2D eigenvalue weighted by molar-refractivity contribution is 0.0243. The number of fused-ring (bicyclic) bond motifs is 3. The molecule has 2 aliphatic carbocycles. The van der Waals surface area contributed by atoms with Crippen LogP contribution in [0.1, 0.15) is 109 Å². The van der Waals surface area contributed by atoms with Gasteiger partial charge in [0.1, 0.15) is 0 Å². The highest BCUT2D eigenvalue weighted by molar-refractivity contribution is 5.68. The minimum absolute atomic E-state index is 0.264. The predicted molar refractivity (Wildman–Crippen MR) is 140 cm³/mol. The second-order valence-corrected chi connectivity index (χ2v) is 11.0. The third-order valence-corrected chi connectivity index (χ3v) is 8.76. The third kappa shape index (κ3) is 4.18. The molecule has 1 fully saturated rings. The molecular weight excluding hydrogens is 400 g/mol. The molecule has 2 nitrogen and oxygen atoms in total. The van der Waals surface area contributed by atoms with Gasteiger partial charge in [-0.2, -0.15) is 0 Å². The van der Waals surface area contributed by atoms with Crippen LogP contribution in [0.15, 0.2) is 30.5 Å². The third-order valence-electron chi connectivity index (χ3n) is 8.76. The van der Waals surface area contributed by atoms with Crippen LogP contribution in [0, 0.1) is 35.8 Å². The first kappa shape index (κ1) is 24.1. The molecule has 2 heteroatoms. The maximum absolute atomic E-state index is 4.85. The number of hydrogen-bond donors (Lipinski definition) is 1. The summed E-state index contributed by atoms with van der Waals surface area (Å²) in [6, 6.07) is 16.1. The quantitative estimate of drug-likeness (QED) is 0.374. The number of rotatable bonds is 10. The Balaban J connectivity index is 1.80. The number of hydrogen-bond acceptors (Lipinski definition) is 2. The van der Waals surface area contributed by atoms with Gasteiger partial charge in [-0.3, -0.25) is 4.98 Å². The number of anilines is 1. The van der Waals surface area contributed by atoms with E-state index in [9.17, 15) is 0 Å². The van der Waals surface area contributed by atoms with Crippen molar-refractivity contribution in [3.8, 4) is 0 Å². The number of nitrogens with zero attached hydrogens (tertiary/aromatic N) is 1. The Kier molecular flexibility index (Phi) is 7.37. The first-order chi connectivity index (χ1) is 16.0. The highest BCUT2D eigenvalue weighted by Gasteiger charge is 2.66. The fourth-order valence-corrected chi connectivity index (χ4v) is 7.71. The first-order valence-corrected chi connectivity index (χ1v) is 13.7. The summed E-state index contributed by atoms with van der Waals surface area (Å²) in [6.07, 6.45) is 10.9. The molecule has 6 unspecified atom stereocenters. The molecule has 0 amide bonds. The van der Waals surface area contributed by atoms with E-state index in [4.69, 9.17) is 4.98 Å². The zero-order chi connectivity index (χ0) is 23.6. The number of nitrogens with one attached hydrogen (secondary N) is 1. The van der Waals surface area contributed by atoms with Gasteiger partial charge in [-0.25, -0.2) is 0 Å². The Hall–Kier alpha value is -2.01. The normalized spacial score (nSPS) is 30.2. The summed E-state index contributed by atoms with van der Waals surface area (Å²) < 4.78 is 0. The van der Waals surface area contributed by atoms with Gasteiger partial charge >= 0.3 is 0 Å². The van der Waals surface area contributed by atoms with E-state index in [1.807, 2.05) is 6.20 Å². The van der Waals surface area contributed by atoms with Crippen molar-refractivity contribution in [2.75, 3.05) is 5.32 Å². The highest BCUT2D eigenvalue weighted by Crippen LogP contribution is 2.71. The molecule has 1 N–H and O–H groups in total. The average molecular weight is 445 g/mol. The van der Waals surface area contributed by atoms with Crippen molar-refractivity contribution in [3.05, 3.63) is 59.4 Å². The minimum Gasteiger partial charge on any atom is -0.383 e. The smallest absolute Gasteiger partial charge is 0.0773 e. The molecule has 0 saturated heterocycles. The maximum atomic E-state index is 4.85. The minimum atomic E-state index is 0.264. The molecule has 0 bridgehead atoms. The Morgan fingerprint density at radius 1 is 1.00 bits per heavy atom. The van der Waals surface area contributed by atoms with Crippen LogP contribution in [-0.4, -0.2) is 11.0 Å². The summed E-state index contributed by atoms with van der Waals surface area (Å²) in [5.41, 5.74) is 6.10. The van der Waals surface area contributed by atoms with E-state index in [1.165, 1.54) is 56.3 Å². The monoisotopic (exact) mass is 444 g/mol. The van der Waals surface area contributed by atoms with Gasteiger partial charge in [0.25, 0.3) is 0 Å². The molecule has 6 atom stereocenters. The summed E-state index contributed by atoms with van der Waals surface area (Å²) >= 11 is 0. The fraction of sp³-hybridized carbons (Fsp3) is 0.645. The summed E-state index contributed by atoms with van der Waals surface area (Å²) in [7, 11) is 0. The Bertz CT molecular complexity index is 904.